The average molecular weight is 357 g/mol. The fourth-order valence-corrected chi connectivity index (χ4v) is 2.25. The Bertz CT molecular complexity index is 867. The Labute approximate surface area is 149 Å². The van der Waals surface area contributed by atoms with Gasteiger partial charge in [0.25, 0.3) is 5.91 Å². The lowest BCUT2D eigenvalue weighted by atomic mass is 10.2. The first-order chi connectivity index (χ1) is 12.1. The normalized spacial score (nSPS) is 10.3. The maximum atomic E-state index is 12.9. The number of aromatic nitrogens is 1. The quantitative estimate of drug-likeness (QED) is 0.727. The summed E-state index contributed by atoms with van der Waals surface area (Å²) in [5.74, 6) is 0.314. The summed E-state index contributed by atoms with van der Waals surface area (Å²) >= 11 is 5.81. The molecule has 0 aliphatic heterocycles. The lowest BCUT2D eigenvalue weighted by molar-refractivity contribution is 0.0951. The molecule has 4 nitrogen and oxygen atoms in total. The zero-order valence-corrected chi connectivity index (χ0v) is 13.8. The number of hydrogen-bond donors (Lipinski definition) is 1. The van der Waals surface area contributed by atoms with Gasteiger partial charge in [-0.1, -0.05) is 11.6 Å². The molecule has 0 fully saturated rings. The van der Waals surface area contributed by atoms with E-state index in [0.717, 1.165) is 5.56 Å². The van der Waals surface area contributed by atoms with Gasteiger partial charge in [0.05, 0.1) is 0 Å². The van der Waals surface area contributed by atoms with Crippen molar-refractivity contribution in [1.82, 2.24) is 10.3 Å². The number of nitrogens with one attached hydrogen (secondary N) is 1. The number of benzene rings is 2. The third kappa shape index (κ3) is 4.78. The van der Waals surface area contributed by atoms with Crippen LogP contribution in [0.5, 0.6) is 11.6 Å². The van der Waals surface area contributed by atoms with E-state index in [0.29, 0.717) is 28.8 Å². The number of amides is 1. The van der Waals surface area contributed by atoms with Gasteiger partial charge in [0.2, 0.25) is 5.88 Å². The first kappa shape index (κ1) is 16.9. The molecule has 1 heterocycles. The van der Waals surface area contributed by atoms with E-state index in [9.17, 15) is 9.18 Å². The Kier molecular flexibility index (Phi) is 5.26. The number of pyridine rings is 1. The Balaban J connectivity index is 1.62. The topological polar surface area (TPSA) is 51.2 Å². The van der Waals surface area contributed by atoms with Crippen molar-refractivity contribution in [1.29, 1.82) is 0 Å². The van der Waals surface area contributed by atoms with Gasteiger partial charge in [-0.3, -0.25) is 4.79 Å². The van der Waals surface area contributed by atoms with E-state index in [2.05, 4.69) is 10.3 Å². The number of ether oxygens (including phenoxy) is 1. The number of carbonyl (C=O) groups is 1. The van der Waals surface area contributed by atoms with E-state index < -0.39 is 0 Å². The zero-order valence-electron chi connectivity index (χ0n) is 13.1. The van der Waals surface area contributed by atoms with Crippen LogP contribution in [0.15, 0.2) is 66.9 Å². The summed E-state index contributed by atoms with van der Waals surface area (Å²) in [4.78, 5) is 16.2. The molecule has 25 heavy (non-hydrogen) atoms. The Hall–Kier alpha value is -2.92. The van der Waals surface area contributed by atoms with Crippen molar-refractivity contribution in [2.45, 2.75) is 6.54 Å². The van der Waals surface area contributed by atoms with Crippen molar-refractivity contribution in [3.8, 4) is 11.6 Å². The van der Waals surface area contributed by atoms with Crippen molar-refractivity contribution in [3.63, 3.8) is 0 Å². The predicted molar refractivity (Wildman–Crippen MR) is 93.3 cm³/mol. The number of halogens is 2. The molecule has 0 aliphatic rings. The molecule has 0 atom stereocenters. The molecule has 1 amide bonds. The molecule has 0 bridgehead atoms. The average Bonchev–Trinajstić information content (AvgIpc) is 2.63. The summed E-state index contributed by atoms with van der Waals surface area (Å²) in [6.45, 7) is 0.323. The molecule has 0 spiro atoms. The minimum atomic E-state index is -0.334. The Morgan fingerprint density at radius 3 is 2.52 bits per heavy atom. The summed E-state index contributed by atoms with van der Waals surface area (Å²) in [6, 6.07) is 15.8. The number of carbonyl (C=O) groups excluding carboxylic acids is 1. The van der Waals surface area contributed by atoms with Crippen molar-refractivity contribution in [2.24, 2.45) is 0 Å². The van der Waals surface area contributed by atoms with Gasteiger partial charge in [-0.15, -0.1) is 0 Å². The van der Waals surface area contributed by atoms with Crippen LogP contribution in [0.4, 0.5) is 4.39 Å². The first-order valence-electron chi connectivity index (χ1n) is 7.52. The highest BCUT2D eigenvalue weighted by Crippen LogP contribution is 2.20. The SMILES string of the molecule is O=C(NCc1ccnc(Oc2ccc(F)cc2)c1)c1ccc(Cl)cc1. The van der Waals surface area contributed by atoms with Gasteiger partial charge in [0.1, 0.15) is 11.6 Å². The van der Waals surface area contributed by atoms with E-state index in [-0.39, 0.29) is 11.7 Å². The molecule has 1 N–H and O–H groups in total. The summed E-state index contributed by atoms with van der Waals surface area (Å²) in [5, 5.41) is 3.40. The van der Waals surface area contributed by atoms with Gasteiger partial charge in [-0.05, 0) is 60.2 Å². The van der Waals surface area contributed by atoms with Crippen molar-refractivity contribution in [3.05, 3.63) is 88.8 Å². The molecule has 126 valence electrons. The molecule has 0 aliphatic carbocycles. The predicted octanol–water partition coefficient (Wildman–Crippen LogP) is 4.60. The molecule has 0 saturated heterocycles. The monoisotopic (exact) mass is 356 g/mol. The smallest absolute Gasteiger partial charge is 0.251 e. The van der Waals surface area contributed by atoms with Crippen LogP contribution in [0.2, 0.25) is 5.02 Å². The molecule has 3 aromatic rings. The van der Waals surface area contributed by atoms with Gasteiger partial charge in [-0.25, -0.2) is 9.37 Å². The molecule has 0 radical (unpaired) electrons. The maximum Gasteiger partial charge on any atom is 0.251 e. The van der Waals surface area contributed by atoms with Crippen molar-refractivity contribution in [2.75, 3.05) is 0 Å². The van der Waals surface area contributed by atoms with Crippen molar-refractivity contribution >= 4 is 17.5 Å². The van der Waals surface area contributed by atoms with Crippen molar-refractivity contribution < 1.29 is 13.9 Å². The van der Waals surface area contributed by atoms with Crippen LogP contribution in [0.1, 0.15) is 15.9 Å². The van der Waals surface area contributed by atoms with E-state index in [1.807, 2.05) is 0 Å². The van der Waals surface area contributed by atoms with Gasteiger partial charge in [0.15, 0.2) is 0 Å². The highest BCUT2D eigenvalue weighted by molar-refractivity contribution is 6.30. The van der Waals surface area contributed by atoms with Crippen LogP contribution in [-0.2, 0) is 6.54 Å². The van der Waals surface area contributed by atoms with E-state index in [1.54, 1.807) is 42.6 Å². The number of nitrogens with zero attached hydrogens (tertiary/aromatic N) is 1. The summed E-state index contributed by atoms with van der Waals surface area (Å²) in [6.07, 6.45) is 1.59. The molecule has 0 saturated carbocycles. The minimum absolute atomic E-state index is 0.200. The minimum Gasteiger partial charge on any atom is -0.439 e. The number of rotatable bonds is 5. The fourth-order valence-electron chi connectivity index (χ4n) is 2.13. The standard InChI is InChI=1S/C19H14ClFN2O2/c20-15-3-1-14(2-4-15)19(24)23-12-13-9-10-22-18(11-13)25-17-7-5-16(21)6-8-17/h1-11H,12H2,(H,23,24). The Morgan fingerprint density at radius 2 is 1.80 bits per heavy atom. The van der Waals surface area contributed by atoms with E-state index in [4.69, 9.17) is 16.3 Å². The zero-order chi connectivity index (χ0) is 17.6. The Morgan fingerprint density at radius 1 is 1.08 bits per heavy atom. The molecule has 3 rings (SSSR count). The molecule has 1 aromatic heterocycles. The maximum absolute atomic E-state index is 12.9. The summed E-state index contributed by atoms with van der Waals surface area (Å²) in [7, 11) is 0. The van der Waals surface area contributed by atoms with Gasteiger partial charge in [0, 0.05) is 29.4 Å². The van der Waals surface area contributed by atoms with Crippen LogP contribution in [0.25, 0.3) is 0 Å². The molecule has 0 unspecified atom stereocenters. The van der Waals surface area contributed by atoms with E-state index >= 15 is 0 Å². The van der Waals surface area contributed by atoms with E-state index in [1.165, 1.54) is 24.3 Å². The van der Waals surface area contributed by atoms with Crippen LogP contribution >= 0.6 is 11.6 Å². The molecule has 6 heteroatoms. The fraction of sp³-hybridized carbons (Fsp3) is 0.0526. The third-order valence-electron chi connectivity index (χ3n) is 3.39. The lowest BCUT2D eigenvalue weighted by Crippen LogP contribution is -2.22. The molecule has 2 aromatic carbocycles. The second kappa shape index (κ2) is 7.77. The molecular weight excluding hydrogens is 343 g/mol. The summed E-state index contributed by atoms with van der Waals surface area (Å²) in [5.41, 5.74) is 1.36. The van der Waals surface area contributed by atoms with Gasteiger partial charge >= 0.3 is 0 Å². The lowest BCUT2D eigenvalue weighted by Gasteiger charge is -2.08. The van der Waals surface area contributed by atoms with Crippen LogP contribution in [0.3, 0.4) is 0 Å². The largest absolute Gasteiger partial charge is 0.439 e. The second-order valence-electron chi connectivity index (χ2n) is 5.25. The van der Waals surface area contributed by atoms with Gasteiger partial charge < -0.3 is 10.1 Å². The van der Waals surface area contributed by atoms with Crippen LogP contribution < -0.4 is 10.1 Å². The summed E-state index contributed by atoms with van der Waals surface area (Å²) < 4.78 is 18.5. The highest BCUT2D eigenvalue weighted by Gasteiger charge is 2.06. The number of hydrogen-bond acceptors (Lipinski definition) is 3. The second-order valence-corrected chi connectivity index (χ2v) is 5.68. The third-order valence-corrected chi connectivity index (χ3v) is 3.65. The highest BCUT2D eigenvalue weighted by atomic mass is 35.5. The molecular formula is C19H14ClFN2O2. The van der Waals surface area contributed by atoms with Crippen LogP contribution in [-0.4, -0.2) is 10.9 Å². The van der Waals surface area contributed by atoms with Crippen LogP contribution in [0, 0.1) is 5.82 Å². The first-order valence-corrected chi connectivity index (χ1v) is 7.90. The van der Waals surface area contributed by atoms with Gasteiger partial charge in [-0.2, -0.15) is 0 Å².